The van der Waals surface area contributed by atoms with Gasteiger partial charge in [0.1, 0.15) is 12.4 Å². The van der Waals surface area contributed by atoms with Crippen LogP contribution in [0.4, 0.5) is 4.39 Å². The molecule has 0 aromatic heterocycles. The predicted octanol–water partition coefficient (Wildman–Crippen LogP) is 4.45. The Morgan fingerprint density at radius 2 is 1.80 bits per heavy atom. The van der Waals surface area contributed by atoms with Crippen LogP contribution in [0.2, 0.25) is 0 Å². The maximum Gasteiger partial charge on any atom is 0.161 e. The first-order valence-corrected chi connectivity index (χ1v) is 6.41. The van der Waals surface area contributed by atoms with Gasteiger partial charge < -0.3 is 9.47 Å². The molecule has 3 heteroatoms. The van der Waals surface area contributed by atoms with Crippen LogP contribution in [-0.2, 0) is 6.61 Å². The van der Waals surface area contributed by atoms with E-state index in [1.54, 1.807) is 19.2 Å². The molecule has 0 aliphatic heterocycles. The lowest BCUT2D eigenvalue weighted by molar-refractivity contribution is 0.284. The normalized spacial score (nSPS) is 10.8. The largest absolute Gasteiger partial charge is 0.493 e. The van der Waals surface area contributed by atoms with Gasteiger partial charge >= 0.3 is 0 Å². The zero-order chi connectivity index (χ0) is 14.4. The second-order valence-electron chi connectivity index (χ2n) is 4.33. The molecule has 2 nitrogen and oxygen atoms in total. The maximum atomic E-state index is 12.8. The van der Waals surface area contributed by atoms with Gasteiger partial charge in [0.15, 0.2) is 11.5 Å². The van der Waals surface area contributed by atoms with Gasteiger partial charge in [-0.05, 0) is 42.3 Å². The number of allylic oxidation sites excluding steroid dienone is 1. The molecule has 0 radical (unpaired) electrons. The van der Waals surface area contributed by atoms with Gasteiger partial charge in [0.2, 0.25) is 0 Å². The van der Waals surface area contributed by atoms with Gasteiger partial charge in [0.25, 0.3) is 0 Å². The summed E-state index contributed by atoms with van der Waals surface area (Å²) in [5.74, 6) is 1.11. The fourth-order valence-corrected chi connectivity index (χ4v) is 1.84. The first-order chi connectivity index (χ1) is 9.72. The van der Waals surface area contributed by atoms with Crippen molar-refractivity contribution in [2.45, 2.75) is 13.5 Å². The van der Waals surface area contributed by atoms with Crippen molar-refractivity contribution in [3.8, 4) is 11.5 Å². The third-order valence-corrected chi connectivity index (χ3v) is 2.85. The molecule has 0 atom stereocenters. The second kappa shape index (κ2) is 6.75. The summed E-state index contributed by atoms with van der Waals surface area (Å²) in [6.45, 7) is 2.34. The van der Waals surface area contributed by atoms with Gasteiger partial charge in [-0.1, -0.05) is 30.4 Å². The van der Waals surface area contributed by atoms with Crippen molar-refractivity contribution in [2.75, 3.05) is 7.11 Å². The minimum absolute atomic E-state index is 0.248. The molecule has 0 unspecified atom stereocenters. The number of benzene rings is 2. The van der Waals surface area contributed by atoms with Gasteiger partial charge in [-0.2, -0.15) is 0 Å². The van der Waals surface area contributed by atoms with Crippen LogP contribution < -0.4 is 9.47 Å². The summed E-state index contributed by atoms with van der Waals surface area (Å²) < 4.78 is 23.9. The predicted molar refractivity (Wildman–Crippen MR) is 78.4 cm³/mol. The molecule has 2 aromatic rings. The molecule has 0 spiro atoms. The first-order valence-electron chi connectivity index (χ1n) is 6.41. The second-order valence-corrected chi connectivity index (χ2v) is 4.33. The lowest BCUT2D eigenvalue weighted by Gasteiger charge is -2.11. The van der Waals surface area contributed by atoms with Crippen LogP contribution in [-0.4, -0.2) is 7.11 Å². The number of ether oxygens (including phenoxy) is 2. The molecule has 0 saturated heterocycles. The Bertz CT molecular complexity index is 588. The van der Waals surface area contributed by atoms with E-state index in [0.717, 1.165) is 11.1 Å². The van der Waals surface area contributed by atoms with Crippen molar-refractivity contribution in [3.63, 3.8) is 0 Å². The number of hydrogen-bond acceptors (Lipinski definition) is 2. The number of rotatable bonds is 5. The molecule has 0 N–H and O–H groups in total. The molecule has 2 rings (SSSR count). The highest BCUT2D eigenvalue weighted by atomic mass is 19.1. The Morgan fingerprint density at radius 3 is 2.45 bits per heavy atom. The van der Waals surface area contributed by atoms with Gasteiger partial charge in [0, 0.05) is 0 Å². The Balaban J connectivity index is 2.10. The smallest absolute Gasteiger partial charge is 0.161 e. The topological polar surface area (TPSA) is 18.5 Å². The highest BCUT2D eigenvalue weighted by Crippen LogP contribution is 2.29. The molecule has 0 heterocycles. The van der Waals surface area contributed by atoms with Crippen molar-refractivity contribution >= 4 is 6.08 Å². The van der Waals surface area contributed by atoms with E-state index in [4.69, 9.17) is 9.47 Å². The van der Waals surface area contributed by atoms with Crippen molar-refractivity contribution in [2.24, 2.45) is 0 Å². The molecule has 20 heavy (non-hydrogen) atoms. The van der Waals surface area contributed by atoms with Gasteiger partial charge in [-0.25, -0.2) is 4.39 Å². The summed E-state index contributed by atoms with van der Waals surface area (Å²) in [5.41, 5.74) is 1.96. The highest BCUT2D eigenvalue weighted by molar-refractivity contribution is 5.55. The summed E-state index contributed by atoms with van der Waals surface area (Å²) >= 11 is 0. The summed E-state index contributed by atoms with van der Waals surface area (Å²) in [6.07, 6.45) is 3.96. The fraction of sp³-hybridized carbons (Fsp3) is 0.176. The molecular formula is C17H17FO2. The van der Waals surface area contributed by atoms with Gasteiger partial charge in [-0.15, -0.1) is 0 Å². The SMILES string of the molecule is C/C=C/c1ccc(OCc2ccc(F)cc2)c(OC)c1. The summed E-state index contributed by atoms with van der Waals surface area (Å²) in [7, 11) is 1.61. The van der Waals surface area contributed by atoms with Crippen molar-refractivity contribution in [1.82, 2.24) is 0 Å². The van der Waals surface area contributed by atoms with Crippen LogP contribution in [0.15, 0.2) is 48.5 Å². The van der Waals surface area contributed by atoms with Crippen LogP contribution >= 0.6 is 0 Å². The summed E-state index contributed by atoms with van der Waals surface area (Å²) in [4.78, 5) is 0. The quantitative estimate of drug-likeness (QED) is 0.800. The highest BCUT2D eigenvalue weighted by Gasteiger charge is 2.05. The molecule has 0 bridgehead atoms. The van der Waals surface area contributed by atoms with Crippen LogP contribution in [0.3, 0.4) is 0 Å². The minimum Gasteiger partial charge on any atom is -0.493 e. The Labute approximate surface area is 118 Å². The molecule has 0 aliphatic rings. The van der Waals surface area contributed by atoms with Crippen molar-refractivity contribution in [1.29, 1.82) is 0 Å². The minimum atomic E-state index is -0.248. The average Bonchev–Trinajstić information content (AvgIpc) is 2.47. The zero-order valence-electron chi connectivity index (χ0n) is 11.6. The van der Waals surface area contributed by atoms with E-state index in [2.05, 4.69) is 0 Å². The molecule has 0 amide bonds. The fourth-order valence-electron chi connectivity index (χ4n) is 1.84. The molecule has 2 aromatic carbocycles. The van der Waals surface area contributed by atoms with E-state index in [-0.39, 0.29) is 5.82 Å². The van der Waals surface area contributed by atoms with Gasteiger partial charge in [0.05, 0.1) is 7.11 Å². The van der Waals surface area contributed by atoms with E-state index < -0.39 is 0 Å². The summed E-state index contributed by atoms with van der Waals surface area (Å²) in [6, 6.07) is 12.0. The van der Waals surface area contributed by atoms with E-state index in [1.807, 2.05) is 37.3 Å². The number of halogens is 1. The van der Waals surface area contributed by atoms with Crippen LogP contribution in [0, 0.1) is 5.82 Å². The molecule has 0 aliphatic carbocycles. The van der Waals surface area contributed by atoms with E-state index >= 15 is 0 Å². The maximum absolute atomic E-state index is 12.8. The number of methoxy groups -OCH3 is 1. The molecular weight excluding hydrogens is 255 g/mol. The van der Waals surface area contributed by atoms with Crippen molar-refractivity contribution < 1.29 is 13.9 Å². The summed E-state index contributed by atoms with van der Waals surface area (Å²) in [5, 5.41) is 0. The van der Waals surface area contributed by atoms with E-state index in [1.165, 1.54) is 12.1 Å². The third kappa shape index (κ3) is 3.60. The first kappa shape index (κ1) is 14.1. The van der Waals surface area contributed by atoms with E-state index in [0.29, 0.717) is 18.1 Å². The van der Waals surface area contributed by atoms with E-state index in [9.17, 15) is 4.39 Å². The molecule has 0 saturated carbocycles. The lowest BCUT2D eigenvalue weighted by atomic mass is 10.2. The number of hydrogen-bond donors (Lipinski definition) is 0. The Kier molecular flexibility index (Phi) is 4.77. The average molecular weight is 272 g/mol. The van der Waals surface area contributed by atoms with Crippen LogP contribution in [0.1, 0.15) is 18.1 Å². The third-order valence-electron chi connectivity index (χ3n) is 2.85. The lowest BCUT2D eigenvalue weighted by Crippen LogP contribution is -1.98. The standard InChI is InChI=1S/C17H17FO2/c1-3-4-13-7-10-16(17(11-13)19-2)20-12-14-5-8-15(18)9-6-14/h3-11H,12H2,1-2H3/b4-3+. The van der Waals surface area contributed by atoms with Gasteiger partial charge in [-0.3, -0.25) is 0 Å². The Hall–Kier alpha value is -2.29. The van der Waals surface area contributed by atoms with Crippen LogP contribution in [0.5, 0.6) is 11.5 Å². The molecule has 0 fully saturated rings. The zero-order valence-corrected chi connectivity index (χ0v) is 11.6. The van der Waals surface area contributed by atoms with Crippen molar-refractivity contribution in [3.05, 3.63) is 65.5 Å². The van der Waals surface area contributed by atoms with Crippen LogP contribution in [0.25, 0.3) is 6.08 Å². The molecule has 104 valence electrons. The Morgan fingerprint density at radius 1 is 1.05 bits per heavy atom. The monoisotopic (exact) mass is 272 g/mol.